The maximum atomic E-state index is 5.56. The minimum absolute atomic E-state index is 0.232. The third-order valence-corrected chi connectivity index (χ3v) is 4.00. The maximum Gasteiger partial charge on any atom is 0.135 e. The van der Waals surface area contributed by atoms with Crippen molar-refractivity contribution in [3.8, 4) is 5.75 Å². The van der Waals surface area contributed by atoms with E-state index in [2.05, 4.69) is 37.2 Å². The van der Waals surface area contributed by atoms with Crippen molar-refractivity contribution in [2.75, 3.05) is 32.7 Å². The molecule has 3 N–H and O–H groups in total. The molecule has 0 saturated heterocycles. The van der Waals surface area contributed by atoms with Crippen LogP contribution in [0.25, 0.3) is 0 Å². The molecule has 0 amide bonds. The summed E-state index contributed by atoms with van der Waals surface area (Å²) in [7, 11) is 3.35. The Bertz CT molecular complexity index is 402. The van der Waals surface area contributed by atoms with Crippen LogP contribution in [0, 0.1) is 0 Å². The van der Waals surface area contributed by atoms with Crippen molar-refractivity contribution in [2.24, 2.45) is 5.73 Å². The lowest BCUT2D eigenvalue weighted by molar-refractivity contribution is 0.182. The summed E-state index contributed by atoms with van der Waals surface area (Å²) in [6, 6.07) is 4.16. The molecule has 1 rings (SSSR count). The minimum atomic E-state index is 0.232. The van der Waals surface area contributed by atoms with E-state index in [1.807, 2.05) is 12.1 Å². The Morgan fingerprint density at radius 3 is 2.58 bits per heavy atom. The van der Waals surface area contributed by atoms with Gasteiger partial charge in [-0.25, -0.2) is 0 Å². The van der Waals surface area contributed by atoms with E-state index >= 15 is 0 Å². The molecule has 0 radical (unpaired) electrons. The van der Waals surface area contributed by atoms with Gasteiger partial charge in [0.25, 0.3) is 0 Å². The average Bonchev–Trinajstić information content (AvgIpc) is 2.39. The van der Waals surface area contributed by atoms with Crippen molar-refractivity contribution in [1.29, 1.82) is 0 Å². The Labute approximate surface area is 131 Å². The quantitative estimate of drug-likeness (QED) is 0.708. The first-order valence-electron chi connectivity index (χ1n) is 6.11. The molecule has 0 bridgehead atoms. The smallest absolute Gasteiger partial charge is 0.135 e. The Morgan fingerprint density at radius 2 is 2.00 bits per heavy atom. The summed E-state index contributed by atoms with van der Waals surface area (Å²) in [5.41, 5.74) is 6.54. The fraction of sp³-hybridized carbons (Fsp3) is 0.538. The van der Waals surface area contributed by atoms with Crippen LogP contribution in [0.15, 0.2) is 21.1 Å². The number of hydrogen-bond donors (Lipinski definition) is 2. The van der Waals surface area contributed by atoms with Crippen molar-refractivity contribution in [2.45, 2.75) is 18.9 Å². The van der Waals surface area contributed by atoms with E-state index in [-0.39, 0.29) is 6.04 Å². The number of ether oxygens (including phenoxy) is 2. The van der Waals surface area contributed by atoms with Gasteiger partial charge in [0.05, 0.1) is 23.9 Å². The van der Waals surface area contributed by atoms with Gasteiger partial charge in [-0.05, 0) is 57.3 Å². The second-order valence-corrected chi connectivity index (χ2v) is 5.90. The van der Waals surface area contributed by atoms with Gasteiger partial charge in [-0.15, -0.1) is 0 Å². The Hall–Kier alpha value is -0.300. The predicted molar refractivity (Wildman–Crippen MR) is 86.0 cm³/mol. The third-order valence-electron chi connectivity index (χ3n) is 2.73. The van der Waals surface area contributed by atoms with Crippen molar-refractivity contribution in [3.63, 3.8) is 0 Å². The van der Waals surface area contributed by atoms with Gasteiger partial charge in [-0.2, -0.15) is 0 Å². The molecular weight excluding hydrogens is 376 g/mol. The zero-order valence-corrected chi connectivity index (χ0v) is 14.4. The van der Waals surface area contributed by atoms with E-state index in [9.17, 15) is 0 Å². The number of halogens is 2. The van der Waals surface area contributed by atoms with Crippen LogP contribution in [-0.2, 0) is 4.74 Å². The van der Waals surface area contributed by atoms with Crippen LogP contribution in [0.1, 0.15) is 12.8 Å². The van der Waals surface area contributed by atoms with Gasteiger partial charge in [-0.3, -0.25) is 0 Å². The van der Waals surface area contributed by atoms with Gasteiger partial charge in [0.15, 0.2) is 0 Å². The van der Waals surface area contributed by atoms with Crippen molar-refractivity contribution >= 4 is 37.5 Å². The molecule has 0 heterocycles. The summed E-state index contributed by atoms with van der Waals surface area (Å²) in [5.74, 6) is 0.792. The Balaban J connectivity index is 2.82. The van der Waals surface area contributed by atoms with Gasteiger partial charge in [0.1, 0.15) is 5.75 Å². The highest BCUT2D eigenvalue weighted by Crippen LogP contribution is 2.35. The number of methoxy groups -OCH3 is 2. The van der Waals surface area contributed by atoms with Gasteiger partial charge < -0.3 is 20.5 Å². The predicted octanol–water partition coefficient (Wildman–Crippen LogP) is 3.39. The molecule has 0 spiro atoms. The van der Waals surface area contributed by atoms with Crippen molar-refractivity contribution in [1.82, 2.24) is 0 Å². The van der Waals surface area contributed by atoms with E-state index in [0.29, 0.717) is 13.2 Å². The van der Waals surface area contributed by atoms with E-state index in [4.69, 9.17) is 15.2 Å². The van der Waals surface area contributed by atoms with Crippen molar-refractivity contribution in [3.05, 3.63) is 21.1 Å². The molecule has 19 heavy (non-hydrogen) atoms. The fourth-order valence-corrected chi connectivity index (χ4v) is 3.05. The highest BCUT2D eigenvalue weighted by molar-refractivity contribution is 9.11. The van der Waals surface area contributed by atoms with Crippen LogP contribution in [0.4, 0.5) is 5.69 Å². The highest BCUT2D eigenvalue weighted by atomic mass is 79.9. The van der Waals surface area contributed by atoms with Gasteiger partial charge in [0, 0.05) is 23.7 Å². The SMILES string of the molecule is COCC(CCCN)Nc1cc(OC)c(Br)cc1Br. The molecule has 6 heteroatoms. The first-order valence-corrected chi connectivity index (χ1v) is 7.69. The summed E-state index contributed by atoms with van der Waals surface area (Å²) in [5, 5.41) is 3.46. The van der Waals surface area contributed by atoms with Gasteiger partial charge in [0.2, 0.25) is 0 Å². The molecule has 108 valence electrons. The lowest BCUT2D eigenvalue weighted by Gasteiger charge is -2.20. The van der Waals surface area contributed by atoms with E-state index in [1.165, 1.54) is 0 Å². The zero-order chi connectivity index (χ0) is 14.3. The fourth-order valence-electron chi connectivity index (χ4n) is 1.78. The molecular formula is C13H20Br2N2O2. The summed E-state index contributed by atoms with van der Waals surface area (Å²) < 4.78 is 12.4. The summed E-state index contributed by atoms with van der Waals surface area (Å²) >= 11 is 7.00. The first kappa shape index (κ1) is 16.8. The number of anilines is 1. The zero-order valence-electron chi connectivity index (χ0n) is 11.2. The number of rotatable bonds is 8. The van der Waals surface area contributed by atoms with Crippen LogP contribution in [0.5, 0.6) is 5.75 Å². The molecule has 1 aromatic carbocycles. The van der Waals surface area contributed by atoms with E-state index in [0.717, 1.165) is 33.2 Å². The van der Waals surface area contributed by atoms with Gasteiger partial charge in [-0.1, -0.05) is 0 Å². The first-order chi connectivity index (χ1) is 9.12. The summed E-state index contributed by atoms with van der Waals surface area (Å²) in [6.07, 6.45) is 1.93. The average molecular weight is 396 g/mol. The standard InChI is InChI=1S/C13H20Br2N2O2/c1-18-8-9(4-3-5-16)17-12-7-13(19-2)11(15)6-10(12)14/h6-7,9,17H,3-5,8,16H2,1-2H3. The molecule has 1 aromatic rings. The minimum Gasteiger partial charge on any atom is -0.495 e. The van der Waals surface area contributed by atoms with Crippen LogP contribution in [0.3, 0.4) is 0 Å². The second kappa shape index (κ2) is 8.79. The molecule has 0 saturated carbocycles. The number of nitrogens with two attached hydrogens (primary N) is 1. The molecule has 0 aliphatic heterocycles. The third kappa shape index (κ3) is 5.30. The van der Waals surface area contributed by atoms with Gasteiger partial charge >= 0.3 is 0 Å². The van der Waals surface area contributed by atoms with E-state index < -0.39 is 0 Å². The van der Waals surface area contributed by atoms with Crippen LogP contribution >= 0.6 is 31.9 Å². The molecule has 0 fully saturated rings. The lowest BCUT2D eigenvalue weighted by atomic mass is 10.1. The largest absolute Gasteiger partial charge is 0.495 e. The molecule has 1 atom stereocenters. The molecule has 1 unspecified atom stereocenters. The van der Waals surface area contributed by atoms with Crippen LogP contribution in [-0.4, -0.2) is 33.4 Å². The lowest BCUT2D eigenvalue weighted by Crippen LogP contribution is -2.26. The molecule has 0 aromatic heterocycles. The molecule has 0 aliphatic carbocycles. The monoisotopic (exact) mass is 394 g/mol. The number of hydrogen-bond acceptors (Lipinski definition) is 4. The normalized spacial score (nSPS) is 12.3. The topological polar surface area (TPSA) is 56.5 Å². The second-order valence-electron chi connectivity index (χ2n) is 4.19. The Kier molecular flexibility index (Phi) is 7.75. The van der Waals surface area contributed by atoms with Crippen LogP contribution < -0.4 is 15.8 Å². The maximum absolute atomic E-state index is 5.56. The van der Waals surface area contributed by atoms with E-state index in [1.54, 1.807) is 14.2 Å². The molecule has 4 nitrogen and oxygen atoms in total. The van der Waals surface area contributed by atoms with Crippen LogP contribution in [0.2, 0.25) is 0 Å². The number of nitrogens with one attached hydrogen (secondary N) is 1. The summed E-state index contributed by atoms with van der Waals surface area (Å²) in [4.78, 5) is 0. The Morgan fingerprint density at radius 1 is 1.26 bits per heavy atom. The molecule has 0 aliphatic rings. The van der Waals surface area contributed by atoms with Crippen molar-refractivity contribution < 1.29 is 9.47 Å². The summed E-state index contributed by atoms with van der Waals surface area (Å²) in [6.45, 7) is 1.33. The number of benzene rings is 1. The highest BCUT2D eigenvalue weighted by Gasteiger charge is 2.12.